The number of hydrogen-bond donors (Lipinski definition) is 1. The van der Waals surface area contributed by atoms with Gasteiger partial charge >= 0.3 is 0 Å². The van der Waals surface area contributed by atoms with Gasteiger partial charge in [-0.1, -0.05) is 53.7 Å². The molecule has 0 saturated heterocycles. The molecule has 4 aromatic carbocycles. The second kappa shape index (κ2) is 9.37. The van der Waals surface area contributed by atoms with Crippen LogP contribution in [-0.2, 0) is 6.54 Å². The highest BCUT2D eigenvalue weighted by Gasteiger charge is 2.25. The number of carbonyl (C=O) groups is 2. The van der Waals surface area contributed by atoms with Crippen molar-refractivity contribution in [2.75, 3.05) is 10.2 Å². The first-order valence-corrected chi connectivity index (χ1v) is 12.0. The summed E-state index contributed by atoms with van der Waals surface area (Å²) < 4.78 is 0. The van der Waals surface area contributed by atoms with Crippen LogP contribution in [0.15, 0.2) is 101 Å². The molecule has 0 radical (unpaired) electrons. The first-order chi connectivity index (χ1) is 16.5. The lowest BCUT2D eigenvalue weighted by Crippen LogP contribution is -2.30. The van der Waals surface area contributed by atoms with Gasteiger partial charge in [-0.05, 0) is 78.7 Å². The Balaban J connectivity index is 1.39. The third-order valence-corrected chi connectivity index (χ3v) is 7.16. The van der Waals surface area contributed by atoms with E-state index in [1.807, 2.05) is 48.2 Å². The molecule has 1 N–H and O–H groups in total. The van der Waals surface area contributed by atoms with E-state index in [0.29, 0.717) is 28.4 Å². The molecule has 0 bridgehead atoms. The number of benzene rings is 4. The van der Waals surface area contributed by atoms with Crippen LogP contribution in [0.25, 0.3) is 0 Å². The molecule has 4 nitrogen and oxygen atoms in total. The van der Waals surface area contributed by atoms with Crippen LogP contribution < -0.4 is 10.2 Å². The summed E-state index contributed by atoms with van der Waals surface area (Å²) in [6.45, 7) is 2.34. The molecular formula is C28H21ClN2O2S. The summed E-state index contributed by atoms with van der Waals surface area (Å²) in [6, 6.07) is 28.3. The van der Waals surface area contributed by atoms with Crippen molar-refractivity contribution >= 4 is 46.6 Å². The lowest BCUT2D eigenvalue weighted by Gasteiger charge is -2.23. The highest BCUT2D eigenvalue weighted by atomic mass is 35.5. The summed E-state index contributed by atoms with van der Waals surface area (Å²) in [5.41, 5.74) is 4.54. The molecule has 1 aliphatic rings. The van der Waals surface area contributed by atoms with E-state index < -0.39 is 0 Å². The Kier molecular flexibility index (Phi) is 6.14. The van der Waals surface area contributed by atoms with E-state index in [1.54, 1.807) is 54.2 Å². The minimum Gasteiger partial charge on any atom is -0.322 e. The zero-order chi connectivity index (χ0) is 23.7. The number of hydrogen-bond acceptors (Lipinski definition) is 3. The van der Waals surface area contributed by atoms with Crippen molar-refractivity contribution < 1.29 is 9.59 Å². The molecule has 0 aromatic heterocycles. The minimum atomic E-state index is -0.219. The SMILES string of the molecule is Cc1cc(Cl)ccc1C(=O)Nc1ccc(C(=O)N2Cc3ccccc3Sc3ccccc32)cc1. The van der Waals surface area contributed by atoms with Gasteiger partial charge in [0.05, 0.1) is 12.2 Å². The standard InChI is InChI=1S/C28H21ClN2O2S/c1-18-16-21(29)12-15-23(18)27(32)30-22-13-10-19(11-14-22)28(33)31-17-20-6-2-4-8-25(20)34-26-9-5-3-7-24(26)31/h2-16H,17H2,1H3,(H,30,32). The van der Waals surface area contributed by atoms with E-state index >= 15 is 0 Å². The molecule has 1 heterocycles. The third-order valence-electron chi connectivity index (χ3n) is 5.74. The Morgan fingerprint density at radius 3 is 2.35 bits per heavy atom. The highest BCUT2D eigenvalue weighted by Crippen LogP contribution is 2.41. The van der Waals surface area contributed by atoms with Crippen molar-refractivity contribution in [1.29, 1.82) is 0 Å². The second-order valence-corrected chi connectivity index (χ2v) is 9.58. The molecule has 0 aliphatic carbocycles. The Morgan fingerprint density at radius 1 is 0.882 bits per heavy atom. The van der Waals surface area contributed by atoms with Crippen molar-refractivity contribution in [3.05, 3.63) is 118 Å². The van der Waals surface area contributed by atoms with Crippen LogP contribution in [0.4, 0.5) is 11.4 Å². The van der Waals surface area contributed by atoms with Crippen LogP contribution in [0.1, 0.15) is 31.8 Å². The Morgan fingerprint density at radius 2 is 1.59 bits per heavy atom. The fraction of sp³-hybridized carbons (Fsp3) is 0.0714. The lowest BCUT2D eigenvalue weighted by atomic mass is 10.1. The monoisotopic (exact) mass is 484 g/mol. The van der Waals surface area contributed by atoms with E-state index in [2.05, 4.69) is 17.4 Å². The Hall–Kier alpha value is -3.54. The number of rotatable bonds is 3. The highest BCUT2D eigenvalue weighted by molar-refractivity contribution is 7.99. The topological polar surface area (TPSA) is 49.4 Å². The third kappa shape index (κ3) is 4.45. The largest absolute Gasteiger partial charge is 0.322 e. The van der Waals surface area contributed by atoms with Gasteiger partial charge in [-0.3, -0.25) is 9.59 Å². The summed E-state index contributed by atoms with van der Waals surface area (Å²) >= 11 is 7.67. The van der Waals surface area contributed by atoms with E-state index in [-0.39, 0.29) is 11.8 Å². The molecular weight excluding hydrogens is 464 g/mol. The van der Waals surface area contributed by atoms with Gasteiger partial charge in [0.2, 0.25) is 0 Å². The van der Waals surface area contributed by atoms with Crippen LogP contribution >= 0.6 is 23.4 Å². The number of anilines is 2. The molecule has 1 aliphatic heterocycles. The number of nitrogens with zero attached hydrogens (tertiary/aromatic N) is 1. The van der Waals surface area contributed by atoms with Gasteiger partial charge < -0.3 is 10.2 Å². The van der Waals surface area contributed by atoms with Crippen molar-refractivity contribution in [3.63, 3.8) is 0 Å². The second-order valence-electron chi connectivity index (χ2n) is 8.06. The summed E-state index contributed by atoms with van der Waals surface area (Å²) in [5, 5.41) is 3.48. The van der Waals surface area contributed by atoms with E-state index in [0.717, 1.165) is 26.6 Å². The molecule has 0 unspecified atom stereocenters. The molecule has 2 amide bonds. The van der Waals surface area contributed by atoms with Gasteiger partial charge in [-0.25, -0.2) is 0 Å². The zero-order valence-corrected chi connectivity index (χ0v) is 20.0. The maximum atomic E-state index is 13.6. The number of amides is 2. The van der Waals surface area contributed by atoms with Crippen LogP contribution in [0.3, 0.4) is 0 Å². The summed E-state index contributed by atoms with van der Waals surface area (Å²) in [7, 11) is 0. The average molecular weight is 485 g/mol. The maximum Gasteiger partial charge on any atom is 0.258 e. The zero-order valence-electron chi connectivity index (χ0n) is 18.4. The van der Waals surface area contributed by atoms with Gasteiger partial charge in [-0.2, -0.15) is 0 Å². The molecule has 0 atom stereocenters. The normalized spacial score (nSPS) is 12.4. The van der Waals surface area contributed by atoms with E-state index in [1.165, 1.54) is 0 Å². The number of fused-ring (bicyclic) bond motifs is 2. The predicted molar refractivity (Wildman–Crippen MR) is 138 cm³/mol. The van der Waals surface area contributed by atoms with Crippen LogP contribution in [0.5, 0.6) is 0 Å². The summed E-state index contributed by atoms with van der Waals surface area (Å²) in [4.78, 5) is 30.3. The smallest absolute Gasteiger partial charge is 0.258 e. The molecule has 4 aromatic rings. The first-order valence-electron chi connectivity index (χ1n) is 10.8. The predicted octanol–water partition coefficient (Wildman–Crippen LogP) is 7.21. The molecule has 6 heteroatoms. The van der Waals surface area contributed by atoms with Gasteiger partial charge in [0, 0.05) is 31.6 Å². The summed E-state index contributed by atoms with van der Waals surface area (Å²) in [6.07, 6.45) is 0. The quantitative estimate of drug-likeness (QED) is 0.334. The van der Waals surface area contributed by atoms with Crippen LogP contribution in [-0.4, -0.2) is 11.8 Å². The van der Waals surface area contributed by atoms with Crippen molar-refractivity contribution in [3.8, 4) is 0 Å². The molecule has 34 heavy (non-hydrogen) atoms. The summed E-state index contributed by atoms with van der Waals surface area (Å²) in [5.74, 6) is -0.306. The van der Waals surface area contributed by atoms with Gasteiger partial charge in [0.1, 0.15) is 0 Å². The van der Waals surface area contributed by atoms with Gasteiger partial charge in [-0.15, -0.1) is 0 Å². The van der Waals surface area contributed by atoms with Crippen molar-refractivity contribution in [2.24, 2.45) is 0 Å². The molecule has 5 rings (SSSR count). The van der Waals surface area contributed by atoms with E-state index in [4.69, 9.17) is 11.6 Å². The van der Waals surface area contributed by atoms with Crippen molar-refractivity contribution in [1.82, 2.24) is 0 Å². The van der Waals surface area contributed by atoms with E-state index in [9.17, 15) is 9.59 Å². The Bertz CT molecular complexity index is 1400. The Labute approximate surface area is 207 Å². The molecule has 168 valence electrons. The molecule has 0 spiro atoms. The fourth-order valence-corrected chi connectivity index (χ4v) is 5.29. The molecule has 0 fully saturated rings. The fourth-order valence-electron chi connectivity index (χ4n) is 3.99. The van der Waals surface area contributed by atoms with Gasteiger partial charge in [0.25, 0.3) is 11.8 Å². The van der Waals surface area contributed by atoms with Crippen LogP contribution in [0.2, 0.25) is 5.02 Å². The lowest BCUT2D eigenvalue weighted by molar-refractivity contribution is 0.0983. The first kappa shape index (κ1) is 22.3. The van der Waals surface area contributed by atoms with Gasteiger partial charge in [0.15, 0.2) is 0 Å². The number of nitrogens with one attached hydrogen (secondary N) is 1. The average Bonchev–Trinajstić information content (AvgIpc) is 3.01. The molecule has 0 saturated carbocycles. The number of aryl methyl sites for hydroxylation is 1. The number of para-hydroxylation sites is 1. The maximum absolute atomic E-state index is 13.6. The van der Waals surface area contributed by atoms with Crippen molar-refractivity contribution in [2.45, 2.75) is 23.3 Å². The van der Waals surface area contributed by atoms with Crippen LogP contribution in [0, 0.1) is 6.92 Å². The number of halogens is 1. The minimum absolute atomic E-state index is 0.0869. The number of carbonyl (C=O) groups excluding carboxylic acids is 2.